The van der Waals surface area contributed by atoms with Gasteiger partial charge in [0.15, 0.2) is 9.84 Å². The van der Waals surface area contributed by atoms with Crippen LogP contribution >= 0.6 is 0 Å². The molecule has 0 fully saturated rings. The highest BCUT2D eigenvalue weighted by Crippen LogP contribution is 2.34. The van der Waals surface area contributed by atoms with Gasteiger partial charge in [0, 0.05) is 11.3 Å². The van der Waals surface area contributed by atoms with Crippen LogP contribution in [0.3, 0.4) is 0 Å². The predicted octanol–water partition coefficient (Wildman–Crippen LogP) is 0.877. The van der Waals surface area contributed by atoms with Crippen LogP contribution in [0, 0.1) is 5.82 Å². The lowest BCUT2D eigenvalue weighted by atomic mass is 9.93. The summed E-state index contributed by atoms with van der Waals surface area (Å²) in [5.74, 6) is -1.82. The van der Waals surface area contributed by atoms with Crippen molar-refractivity contribution in [3.05, 3.63) is 47.7 Å². The highest BCUT2D eigenvalue weighted by molar-refractivity contribution is 7.92. The Hall–Kier alpha value is -3.08. The van der Waals surface area contributed by atoms with Gasteiger partial charge in [-0.1, -0.05) is 0 Å². The first kappa shape index (κ1) is 19.7. The summed E-state index contributed by atoms with van der Waals surface area (Å²) in [6.07, 6.45) is 2.52. The minimum atomic E-state index is -3.53. The van der Waals surface area contributed by atoms with E-state index in [0.29, 0.717) is 0 Å². The standard InChI is InChI=1S/C17H18FN5O4S/c1-17(9-28(25,26)8-14(19)23-17)11-5-10(3-4-12(11)18)22-16(24)13-6-21-15(27-2)7-20-13/h3-7H,8-9H2,1-2H3,(H2,19,23)(H,22,24)/t17-/m0/s1. The Morgan fingerprint density at radius 2 is 2.07 bits per heavy atom. The van der Waals surface area contributed by atoms with Gasteiger partial charge in [-0.3, -0.25) is 9.79 Å². The van der Waals surface area contributed by atoms with Gasteiger partial charge in [-0.15, -0.1) is 0 Å². The Balaban J connectivity index is 1.91. The second kappa shape index (κ2) is 7.15. The van der Waals surface area contributed by atoms with Crippen molar-refractivity contribution in [2.24, 2.45) is 10.7 Å². The third kappa shape index (κ3) is 4.09. The summed E-state index contributed by atoms with van der Waals surface area (Å²) in [6.45, 7) is 1.48. The molecular formula is C17H18FN5O4S. The molecule has 0 bridgehead atoms. The van der Waals surface area contributed by atoms with E-state index in [1.165, 1.54) is 38.6 Å². The van der Waals surface area contributed by atoms with Gasteiger partial charge >= 0.3 is 0 Å². The topological polar surface area (TPSA) is 137 Å². The van der Waals surface area contributed by atoms with Crippen molar-refractivity contribution in [1.29, 1.82) is 0 Å². The SMILES string of the molecule is COc1cnc(C(=O)Nc2ccc(F)c([C@]3(C)CS(=O)(=O)CC(N)=N3)c2)cn1. The number of hydrogen-bond donors (Lipinski definition) is 2. The van der Waals surface area contributed by atoms with Gasteiger partial charge in [0.1, 0.15) is 28.6 Å². The molecule has 3 N–H and O–H groups in total. The minimum absolute atomic E-state index is 0.0114. The predicted molar refractivity (Wildman–Crippen MR) is 101 cm³/mol. The average Bonchev–Trinajstić information content (AvgIpc) is 2.61. The van der Waals surface area contributed by atoms with Gasteiger partial charge in [-0.05, 0) is 25.1 Å². The molecular weight excluding hydrogens is 389 g/mol. The maximum Gasteiger partial charge on any atom is 0.275 e. The number of sulfone groups is 1. The molecule has 9 nitrogen and oxygen atoms in total. The number of nitrogens with zero attached hydrogens (tertiary/aromatic N) is 3. The Kier molecular flexibility index (Phi) is 5.02. The van der Waals surface area contributed by atoms with Crippen LogP contribution in [-0.2, 0) is 15.4 Å². The summed E-state index contributed by atoms with van der Waals surface area (Å²) in [5.41, 5.74) is 4.53. The Labute approximate surface area is 160 Å². The number of carbonyl (C=O) groups excluding carboxylic acids is 1. The molecule has 0 saturated heterocycles. The van der Waals surface area contributed by atoms with E-state index < -0.39 is 27.1 Å². The summed E-state index contributed by atoms with van der Waals surface area (Å²) in [7, 11) is -2.11. The molecule has 1 aromatic carbocycles. The monoisotopic (exact) mass is 407 g/mol. The number of nitrogens with one attached hydrogen (secondary N) is 1. The molecule has 0 aliphatic carbocycles. The highest BCUT2D eigenvalue weighted by atomic mass is 32.2. The summed E-state index contributed by atoms with van der Waals surface area (Å²) in [5, 5.41) is 2.57. The number of rotatable bonds is 4. The average molecular weight is 407 g/mol. The van der Waals surface area contributed by atoms with E-state index in [9.17, 15) is 17.6 Å². The molecule has 0 unspecified atom stereocenters. The Morgan fingerprint density at radius 3 is 2.68 bits per heavy atom. The first-order chi connectivity index (χ1) is 13.1. The summed E-state index contributed by atoms with van der Waals surface area (Å²) in [6, 6.07) is 3.81. The van der Waals surface area contributed by atoms with Crippen LogP contribution in [0.1, 0.15) is 23.0 Å². The number of carbonyl (C=O) groups is 1. The Bertz CT molecular complexity index is 1060. The van der Waals surface area contributed by atoms with Crippen LogP contribution < -0.4 is 15.8 Å². The lowest BCUT2D eigenvalue weighted by Gasteiger charge is -2.30. The number of benzene rings is 1. The van der Waals surface area contributed by atoms with E-state index in [-0.39, 0.29) is 40.2 Å². The third-order valence-corrected chi connectivity index (χ3v) is 5.87. The van der Waals surface area contributed by atoms with Crippen molar-refractivity contribution in [1.82, 2.24) is 9.97 Å². The zero-order valence-corrected chi connectivity index (χ0v) is 16.0. The molecule has 1 aromatic heterocycles. The second-order valence-electron chi connectivity index (χ2n) is 6.50. The highest BCUT2D eigenvalue weighted by Gasteiger charge is 2.39. The van der Waals surface area contributed by atoms with E-state index in [1.54, 1.807) is 0 Å². The lowest BCUT2D eigenvalue weighted by Crippen LogP contribution is -2.42. The minimum Gasteiger partial charge on any atom is -0.480 e. The zero-order chi connectivity index (χ0) is 20.5. The number of amides is 1. The maximum atomic E-state index is 14.5. The molecule has 148 valence electrons. The molecule has 1 amide bonds. The van der Waals surface area contributed by atoms with E-state index in [1.807, 2.05) is 0 Å². The van der Waals surface area contributed by atoms with Crippen LogP contribution in [0.5, 0.6) is 5.88 Å². The molecule has 3 rings (SSSR count). The van der Waals surface area contributed by atoms with Crippen molar-refractivity contribution in [2.45, 2.75) is 12.5 Å². The molecule has 2 heterocycles. The smallest absolute Gasteiger partial charge is 0.275 e. The van der Waals surface area contributed by atoms with Gasteiger partial charge < -0.3 is 15.8 Å². The molecule has 0 radical (unpaired) electrons. The summed E-state index contributed by atoms with van der Waals surface area (Å²) in [4.78, 5) is 24.3. The van der Waals surface area contributed by atoms with Crippen molar-refractivity contribution in [3.8, 4) is 5.88 Å². The first-order valence-electron chi connectivity index (χ1n) is 8.14. The molecule has 1 aliphatic rings. The van der Waals surface area contributed by atoms with Crippen LogP contribution in [0.2, 0.25) is 0 Å². The van der Waals surface area contributed by atoms with Crippen molar-refractivity contribution >= 4 is 27.3 Å². The largest absolute Gasteiger partial charge is 0.480 e. The summed E-state index contributed by atoms with van der Waals surface area (Å²) >= 11 is 0. The maximum absolute atomic E-state index is 14.5. The second-order valence-corrected chi connectivity index (χ2v) is 8.57. The van der Waals surface area contributed by atoms with E-state index in [2.05, 4.69) is 20.3 Å². The molecule has 0 saturated carbocycles. The van der Waals surface area contributed by atoms with Gasteiger partial charge in [0.2, 0.25) is 5.88 Å². The van der Waals surface area contributed by atoms with Crippen LogP contribution in [0.4, 0.5) is 10.1 Å². The van der Waals surface area contributed by atoms with Crippen LogP contribution in [0.25, 0.3) is 0 Å². The first-order valence-corrected chi connectivity index (χ1v) is 9.96. The fourth-order valence-corrected chi connectivity index (χ4v) is 4.67. The van der Waals surface area contributed by atoms with E-state index in [4.69, 9.17) is 10.5 Å². The van der Waals surface area contributed by atoms with Gasteiger partial charge in [0.05, 0.1) is 25.3 Å². The zero-order valence-electron chi connectivity index (χ0n) is 15.1. The van der Waals surface area contributed by atoms with Crippen molar-refractivity contribution in [3.63, 3.8) is 0 Å². The number of aliphatic imine (C=N–C) groups is 1. The number of methoxy groups -OCH3 is 1. The molecule has 0 spiro atoms. The third-order valence-electron chi connectivity index (χ3n) is 4.13. The molecule has 1 aliphatic heterocycles. The molecule has 28 heavy (non-hydrogen) atoms. The summed E-state index contributed by atoms with van der Waals surface area (Å²) < 4.78 is 43.5. The number of anilines is 1. The molecule has 1 atom stereocenters. The number of amidine groups is 1. The molecule has 2 aromatic rings. The van der Waals surface area contributed by atoms with Gasteiger partial charge in [-0.2, -0.15) is 0 Å². The number of aromatic nitrogens is 2. The van der Waals surface area contributed by atoms with Crippen LogP contribution in [-0.4, -0.2) is 48.7 Å². The lowest BCUT2D eigenvalue weighted by molar-refractivity contribution is 0.102. The number of halogens is 1. The van der Waals surface area contributed by atoms with Crippen molar-refractivity contribution in [2.75, 3.05) is 23.9 Å². The normalized spacial score (nSPS) is 20.9. The fraction of sp³-hybridized carbons (Fsp3) is 0.294. The quantitative estimate of drug-likeness (QED) is 0.767. The number of ether oxygens (including phenoxy) is 1. The fourth-order valence-electron chi connectivity index (χ4n) is 2.97. The van der Waals surface area contributed by atoms with Crippen LogP contribution in [0.15, 0.2) is 35.6 Å². The number of nitrogens with two attached hydrogens (primary N) is 1. The van der Waals surface area contributed by atoms with E-state index in [0.717, 1.165) is 6.07 Å². The van der Waals surface area contributed by atoms with E-state index >= 15 is 0 Å². The number of hydrogen-bond acceptors (Lipinski definition) is 8. The van der Waals surface area contributed by atoms with Gasteiger partial charge in [-0.25, -0.2) is 22.8 Å². The van der Waals surface area contributed by atoms with Gasteiger partial charge in [0.25, 0.3) is 5.91 Å². The Morgan fingerprint density at radius 1 is 1.32 bits per heavy atom. The molecule has 11 heteroatoms. The van der Waals surface area contributed by atoms with Crippen molar-refractivity contribution < 1.29 is 22.3 Å².